The molecule has 0 radical (unpaired) electrons. The Hall–Kier alpha value is -3.17. The lowest BCUT2D eigenvalue weighted by Crippen LogP contribution is -2.39. The summed E-state index contributed by atoms with van der Waals surface area (Å²) in [5.41, 5.74) is 1.74. The number of hydrogen-bond acceptors (Lipinski definition) is 4. The Balaban J connectivity index is 1.39. The Morgan fingerprint density at radius 2 is 1.82 bits per heavy atom. The van der Waals surface area contributed by atoms with Gasteiger partial charge in [-0.25, -0.2) is 13.1 Å². The molecular weight excluding hydrogens is 436 g/mol. The van der Waals surface area contributed by atoms with E-state index < -0.39 is 10.0 Å². The molecule has 9 heteroatoms. The molecule has 4 aromatic rings. The second-order valence-electron chi connectivity index (χ2n) is 8.52. The van der Waals surface area contributed by atoms with Gasteiger partial charge in [-0.3, -0.25) is 0 Å². The van der Waals surface area contributed by atoms with Gasteiger partial charge in [0.2, 0.25) is 10.0 Å². The zero-order valence-electron chi connectivity index (χ0n) is 18.6. The summed E-state index contributed by atoms with van der Waals surface area (Å²) in [5.74, 6) is 0.998. The summed E-state index contributed by atoms with van der Waals surface area (Å²) in [6.07, 6.45) is 13.6. The van der Waals surface area contributed by atoms with Crippen molar-refractivity contribution in [2.24, 2.45) is 0 Å². The zero-order chi connectivity index (χ0) is 22.8. The highest BCUT2D eigenvalue weighted by Gasteiger charge is 2.28. The predicted molar refractivity (Wildman–Crippen MR) is 126 cm³/mol. The first-order valence-electron chi connectivity index (χ1n) is 11.4. The van der Waals surface area contributed by atoms with Gasteiger partial charge in [-0.05, 0) is 80.1 Å². The standard InChI is InChI=1S/C24H28N6O2S/c1-2-19-15-22(30-14-6-9-24(30)28-12-3-4-13-28)10-11-23(19)33(31,32)27-20-7-5-8-21(16-20)29-17-25-26-18-29/h3-4,6,9-15,17-18,20-21,27H,2,5,7-8,16H2,1H3/t20-,21+/m0/s1. The number of benzene rings is 1. The minimum atomic E-state index is -3.64. The van der Waals surface area contributed by atoms with Crippen LogP contribution in [0.4, 0.5) is 0 Å². The van der Waals surface area contributed by atoms with Crippen LogP contribution in [0.5, 0.6) is 0 Å². The SMILES string of the molecule is CCc1cc(-n2cccc2-n2cccc2)ccc1S(=O)(=O)N[C@H]1CCC[C@@H](n2cnnc2)C1. The summed E-state index contributed by atoms with van der Waals surface area (Å²) in [6.45, 7) is 1.99. The van der Waals surface area contributed by atoms with E-state index in [1.54, 1.807) is 18.7 Å². The molecule has 1 aliphatic carbocycles. The van der Waals surface area contributed by atoms with Gasteiger partial charge >= 0.3 is 0 Å². The molecular formula is C24H28N6O2S. The van der Waals surface area contributed by atoms with E-state index in [4.69, 9.17) is 0 Å². The summed E-state index contributed by atoms with van der Waals surface area (Å²) >= 11 is 0. The lowest BCUT2D eigenvalue weighted by atomic mass is 9.91. The zero-order valence-corrected chi connectivity index (χ0v) is 19.4. The Bertz CT molecular complexity index is 1310. The Labute approximate surface area is 193 Å². The van der Waals surface area contributed by atoms with Crippen molar-refractivity contribution >= 4 is 10.0 Å². The fourth-order valence-electron chi connectivity index (χ4n) is 4.76. The Morgan fingerprint density at radius 3 is 2.58 bits per heavy atom. The van der Waals surface area contributed by atoms with Gasteiger partial charge in [-0.15, -0.1) is 10.2 Å². The molecule has 2 atom stereocenters. The molecule has 0 aliphatic heterocycles. The molecule has 3 heterocycles. The molecule has 1 N–H and O–H groups in total. The fraction of sp³-hybridized carbons (Fsp3) is 0.333. The summed E-state index contributed by atoms with van der Waals surface area (Å²) in [5, 5.41) is 7.78. The molecule has 33 heavy (non-hydrogen) atoms. The first-order valence-corrected chi connectivity index (χ1v) is 12.8. The third-order valence-corrected chi connectivity index (χ3v) is 8.04. The highest BCUT2D eigenvalue weighted by Crippen LogP contribution is 2.30. The molecule has 0 saturated heterocycles. The highest BCUT2D eigenvalue weighted by atomic mass is 32.2. The van der Waals surface area contributed by atoms with Crippen LogP contribution >= 0.6 is 0 Å². The number of aryl methyl sites for hydroxylation is 1. The van der Waals surface area contributed by atoms with Gasteiger partial charge < -0.3 is 13.7 Å². The maximum atomic E-state index is 13.4. The number of hydrogen-bond donors (Lipinski definition) is 1. The van der Waals surface area contributed by atoms with Gasteiger partial charge in [0, 0.05) is 36.4 Å². The fourth-order valence-corrected chi connectivity index (χ4v) is 6.34. The first-order chi connectivity index (χ1) is 16.0. The minimum Gasteiger partial charge on any atom is -0.317 e. The van der Waals surface area contributed by atoms with E-state index >= 15 is 0 Å². The second kappa shape index (κ2) is 8.99. The van der Waals surface area contributed by atoms with Crippen LogP contribution in [0.3, 0.4) is 0 Å². The number of aromatic nitrogens is 5. The summed E-state index contributed by atoms with van der Waals surface area (Å²) in [7, 11) is -3.64. The van der Waals surface area contributed by atoms with Gasteiger partial charge in [0.25, 0.3) is 0 Å². The second-order valence-corrected chi connectivity index (χ2v) is 10.2. The summed E-state index contributed by atoms with van der Waals surface area (Å²) in [6, 6.07) is 13.7. The van der Waals surface area contributed by atoms with Crippen molar-refractivity contribution in [3.8, 4) is 11.5 Å². The molecule has 5 rings (SSSR count). The van der Waals surface area contributed by atoms with Gasteiger partial charge in [-0.1, -0.05) is 6.92 Å². The lowest BCUT2D eigenvalue weighted by Gasteiger charge is -2.30. The molecule has 8 nitrogen and oxygen atoms in total. The first kappa shape index (κ1) is 21.7. The predicted octanol–water partition coefficient (Wildman–Crippen LogP) is 3.88. The van der Waals surface area contributed by atoms with E-state index in [9.17, 15) is 8.42 Å². The molecule has 0 amide bonds. The molecule has 1 aliphatic rings. The van der Waals surface area contributed by atoms with Crippen LogP contribution in [-0.2, 0) is 16.4 Å². The average Bonchev–Trinajstić information content (AvgIpc) is 3.60. The highest BCUT2D eigenvalue weighted by molar-refractivity contribution is 7.89. The molecule has 0 spiro atoms. The van der Waals surface area contributed by atoms with E-state index in [-0.39, 0.29) is 12.1 Å². The van der Waals surface area contributed by atoms with Crippen molar-refractivity contribution in [3.63, 3.8) is 0 Å². The summed E-state index contributed by atoms with van der Waals surface area (Å²) < 4.78 is 35.8. The number of sulfonamides is 1. The normalized spacial score (nSPS) is 19.1. The van der Waals surface area contributed by atoms with Gasteiger partial charge in [0.1, 0.15) is 18.5 Å². The molecule has 172 valence electrons. The molecule has 1 fully saturated rings. The van der Waals surface area contributed by atoms with Crippen LogP contribution in [0.1, 0.15) is 44.2 Å². The maximum Gasteiger partial charge on any atom is 0.241 e. The van der Waals surface area contributed by atoms with Crippen molar-refractivity contribution in [1.29, 1.82) is 0 Å². The van der Waals surface area contributed by atoms with Gasteiger partial charge in [0.15, 0.2) is 0 Å². The van der Waals surface area contributed by atoms with Crippen LogP contribution in [-0.4, -0.2) is 38.4 Å². The van der Waals surface area contributed by atoms with E-state index in [1.807, 2.05) is 71.0 Å². The van der Waals surface area contributed by atoms with Gasteiger partial charge in [-0.2, -0.15) is 0 Å². The quantitative estimate of drug-likeness (QED) is 0.450. The summed E-state index contributed by atoms with van der Waals surface area (Å²) in [4.78, 5) is 0.356. The lowest BCUT2D eigenvalue weighted by molar-refractivity contribution is 0.305. The van der Waals surface area contributed by atoms with Crippen LogP contribution in [0.2, 0.25) is 0 Å². The van der Waals surface area contributed by atoms with Crippen LogP contribution < -0.4 is 4.72 Å². The van der Waals surface area contributed by atoms with Crippen LogP contribution in [0, 0.1) is 0 Å². The number of nitrogens with zero attached hydrogens (tertiary/aromatic N) is 5. The smallest absolute Gasteiger partial charge is 0.241 e. The van der Waals surface area contributed by atoms with E-state index in [0.29, 0.717) is 11.3 Å². The molecule has 0 unspecified atom stereocenters. The number of rotatable bonds is 7. The molecule has 1 saturated carbocycles. The Kier molecular flexibility index (Phi) is 5.90. The third-order valence-electron chi connectivity index (χ3n) is 6.42. The van der Waals surface area contributed by atoms with Crippen molar-refractivity contribution in [3.05, 3.63) is 79.3 Å². The number of nitrogens with one attached hydrogen (secondary N) is 1. The monoisotopic (exact) mass is 464 g/mol. The van der Waals surface area contributed by atoms with Gasteiger partial charge in [0.05, 0.1) is 4.90 Å². The van der Waals surface area contributed by atoms with Crippen LogP contribution in [0.25, 0.3) is 11.5 Å². The maximum absolute atomic E-state index is 13.4. The van der Waals surface area contributed by atoms with Crippen LogP contribution in [0.15, 0.2) is 78.6 Å². The minimum absolute atomic E-state index is 0.106. The van der Waals surface area contributed by atoms with Crippen molar-refractivity contribution in [1.82, 2.24) is 28.6 Å². The van der Waals surface area contributed by atoms with Crippen molar-refractivity contribution in [2.45, 2.75) is 56.0 Å². The van der Waals surface area contributed by atoms with E-state index in [2.05, 4.69) is 19.5 Å². The third kappa shape index (κ3) is 4.38. The van der Waals surface area contributed by atoms with E-state index in [0.717, 1.165) is 42.8 Å². The van der Waals surface area contributed by atoms with Crippen molar-refractivity contribution < 1.29 is 8.42 Å². The molecule has 0 bridgehead atoms. The Morgan fingerprint density at radius 1 is 1.03 bits per heavy atom. The van der Waals surface area contributed by atoms with Crippen molar-refractivity contribution in [2.75, 3.05) is 0 Å². The van der Waals surface area contributed by atoms with E-state index in [1.165, 1.54) is 0 Å². The molecule has 3 aromatic heterocycles. The average molecular weight is 465 g/mol. The topological polar surface area (TPSA) is 86.7 Å². The molecule has 1 aromatic carbocycles. The largest absolute Gasteiger partial charge is 0.317 e.